The highest BCUT2D eigenvalue weighted by atomic mass is 32.2. The van der Waals surface area contributed by atoms with E-state index in [1.807, 2.05) is 6.92 Å². The van der Waals surface area contributed by atoms with Crippen LogP contribution in [0.15, 0.2) is 12.2 Å². The first kappa shape index (κ1) is 10.0. The van der Waals surface area contributed by atoms with E-state index in [0.717, 1.165) is 23.5 Å². The van der Waals surface area contributed by atoms with Crippen molar-refractivity contribution < 1.29 is 5.11 Å². The van der Waals surface area contributed by atoms with E-state index in [1.54, 1.807) is 11.8 Å². The van der Waals surface area contributed by atoms with E-state index in [-0.39, 0.29) is 6.10 Å². The number of thioether (sulfide) groups is 1. The molecule has 0 rings (SSSR count). The third kappa shape index (κ3) is 6.17. The van der Waals surface area contributed by atoms with Crippen molar-refractivity contribution in [3.05, 3.63) is 12.2 Å². The van der Waals surface area contributed by atoms with E-state index < -0.39 is 0 Å². The quantitative estimate of drug-likeness (QED) is 0.621. The molecule has 0 aliphatic rings. The molecule has 0 aromatic carbocycles. The van der Waals surface area contributed by atoms with Gasteiger partial charge in [-0.2, -0.15) is 11.8 Å². The molecule has 0 bridgehead atoms. The fourth-order valence-electron chi connectivity index (χ4n) is 0.715. The summed E-state index contributed by atoms with van der Waals surface area (Å²) in [5.74, 6) is 1.91. The summed E-state index contributed by atoms with van der Waals surface area (Å²) in [5, 5.41) is 9.27. The van der Waals surface area contributed by atoms with Crippen LogP contribution in [-0.2, 0) is 0 Å². The summed E-state index contributed by atoms with van der Waals surface area (Å²) < 4.78 is 0. The van der Waals surface area contributed by atoms with Gasteiger partial charge in [-0.25, -0.2) is 0 Å². The maximum Gasteiger partial charge on any atom is 0.0667 e. The van der Waals surface area contributed by atoms with Crippen LogP contribution in [0, 0.1) is 0 Å². The number of aliphatic hydroxyl groups is 1. The van der Waals surface area contributed by atoms with Crippen LogP contribution in [-0.4, -0.2) is 22.7 Å². The predicted molar refractivity (Wildman–Crippen MR) is 48.4 cm³/mol. The molecule has 0 spiro atoms. The van der Waals surface area contributed by atoms with Crippen LogP contribution in [0.5, 0.6) is 0 Å². The Morgan fingerprint density at radius 1 is 1.70 bits per heavy atom. The molecule has 0 aliphatic carbocycles. The van der Waals surface area contributed by atoms with Gasteiger partial charge in [-0.1, -0.05) is 12.5 Å². The van der Waals surface area contributed by atoms with Gasteiger partial charge in [-0.3, -0.25) is 0 Å². The molecule has 0 fully saturated rings. The second-order valence-corrected chi connectivity index (χ2v) is 3.79. The average Bonchev–Trinajstić information content (AvgIpc) is 1.82. The Morgan fingerprint density at radius 3 is 2.70 bits per heavy atom. The highest BCUT2D eigenvalue weighted by Crippen LogP contribution is 2.08. The highest BCUT2D eigenvalue weighted by Gasteiger charge is 2.02. The standard InChI is InChI=1S/C8H16OS/c1-4-10-6-8(9)5-7(2)3/h8-9H,2,4-6H2,1,3H3. The third-order valence-corrected chi connectivity index (χ3v) is 2.13. The van der Waals surface area contributed by atoms with Crippen LogP contribution in [0.1, 0.15) is 20.3 Å². The van der Waals surface area contributed by atoms with Gasteiger partial charge in [0.25, 0.3) is 0 Å². The number of rotatable bonds is 5. The molecule has 0 amide bonds. The Hall–Kier alpha value is 0.0500. The zero-order valence-electron chi connectivity index (χ0n) is 6.76. The van der Waals surface area contributed by atoms with Gasteiger partial charge in [-0.05, 0) is 19.1 Å². The normalized spacial score (nSPS) is 13.1. The molecule has 0 saturated carbocycles. The van der Waals surface area contributed by atoms with Gasteiger partial charge < -0.3 is 5.11 Å². The molecular weight excluding hydrogens is 144 g/mol. The zero-order valence-corrected chi connectivity index (χ0v) is 7.58. The molecule has 60 valence electrons. The van der Waals surface area contributed by atoms with Crippen LogP contribution >= 0.6 is 11.8 Å². The number of aliphatic hydroxyl groups excluding tert-OH is 1. The first-order chi connectivity index (χ1) is 4.66. The van der Waals surface area contributed by atoms with Crippen molar-refractivity contribution in [2.24, 2.45) is 0 Å². The van der Waals surface area contributed by atoms with Gasteiger partial charge in [0.05, 0.1) is 6.10 Å². The molecule has 0 aliphatic heterocycles. The highest BCUT2D eigenvalue weighted by molar-refractivity contribution is 7.99. The van der Waals surface area contributed by atoms with Gasteiger partial charge in [0, 0.05) is 5.75 Å². The van der Waals surface area contributed by atoms with Crippen LogP contribution in [0.2, 0.25) is 0 Å². The van der Waals surface area contributed by atoms with Gasteiger partial charge in [-0.15, -0.1) is 6.58 Å². The Labute approximate surface area is 67.5 Å². The molecule has 10 heavy (non-hydrogen) atoms. The fraction of sp³-hybridized carbons (Fsp3) is 0.750. The minimum absolute atomic E-state index is 0.192. The lowest BCUT2D eigenvalue weighted by Gasteiger charge is -2.07. The maximum absolute atomic E-state index is 9.27. The van der Waals surface area contributed by atoms with Crippen molar-refractivity contribution in [1.82, 2.24) is 0 Å². The molecule has 1 unspecified atom stereocenters. The molecule has 1 nitrogen and oxygen atoms in total. The third-order valence-electron chi connectivity index (χ3n) is 1.10. The molecule has 0 saturated heterocycles. The summed E-state index contributed by atoms with van der Waals surface area (Å²) in [4.78, 5) is 0. The topological polar surface area (TPSA) is 20.2 Å². The molecule has 0 radical (unpaired) electrons. The summed E-state index contributed by atoms with van der Waals surface area (Å²) in [6.45, 7) is 7.77. The van der Waals surface area contributed by atoms with Gasteiger partial charge in [0.2, 0.25) is 0 Å². The van der Waals surface area contributed by atoms with Gasteiger partial charge >= 0.3 is 0 Å². The molecule has 0 heterocycles. The van der Waals surface area contributed by atoms with Crippen molar-refractivity contribution in [3.63, 3.8) is 0 Å². The van der Waals surface area contributed by atoms with E-state index in [1.165, 1.54) is 0 Å². The van der Waals surface area contributed by atoms with E-state index >= 15 is 0 Å². The lowest BCUT2D eigenvalue weighted by Crippen LogP contribution is -2.09. The summed E-state index contributed by atoms with van der Waals surface area (Å²) in [5.41, 5.74) is 1.06. The van der Waals surface area contributed by atoms with Crippen LogP contribution < -0.4 is 0 Å². The minimum atomic E-state index is -0.192. The average molecular weight is 160 g/mol. The lowest BCUT2D eigenvalue weighted by molar-refractivity contribution is 0.200. The van der Waals surface area contributed by atoms with Crippen molar-refractivity contribution in [1.29, 1.82) is 0 Å². The molecule has 0 aromatic rings. The Kier molecular flexibility index (Phi) is 5.84. The number of hydrogen-bond donors (Lipinski definition) is 1. The van der Waals surface area contributed by atoms with Crippen molar-refractivity contribution in [2.45, 2.75) is 26.4 Å². The van der Waals surface area contributed by atoms with Crippen molar-refractivity contribution in [2.75, 3.05) is 11.5 Å². The SMILES string of the molecule is C=C(C)CC(O)CSCC. The minimum Gasteiger partial charge on any atom is -0.392 e. The van der Waals surface area contributed by atoms with E-state index in [4.69, 9.17) is 0 Å². The first-order valence-corrected chi connectivity index (χ1v) is 4.72. The van der Waals surface area contributed by atoms with Gasteiger partial charge in [0.15, 0.2) is 0 Å². The van der Waals surface area contributed by atoms with Crippen LogP contribution in [0.25, 0.3) is 0 Å². The second-order valence-electron chi connectivity index (χ2n) is 2.47. The summed E-state index contributed by atoms with van der Waals surface area (Å²) in [6.07, 6.45) is 0.551. The largest absolute Gasteiger partial charge is 0.392 e. The smallest absolute Gasteiger partial charge is 0.0667 e. The van der Waals surface area contributed by atoms with E-state index in [2.05, 4.69) is 13.5 Å². The number of hydrogen-bond acceptors (Lipinski definition) is 2. The molecule has 0 aromatic heterocycles. The molecular formula is C8H16OS. The summed E-state index contributed by atoms with van der Waals surface area (Å²) in [6, 6.07) is 0. The second kappa shape index (κ2) is 5.81. The fourth-order valence-corrected chi connectivity index (χ4v) is 1.34. The Bertz CT molecular complexity index is 101. The molecule has 2 heteroatoms. The Balaban J connectivity index is 3.25. The monoisotopic (exact) mass is 160 g/mol. The lowest BCUT2D eigenvalue weighted by atomic mass is 10.2. The van der Waals surface area contributed by atoms with Crippen molar-refractivity contribution >= 4 is 11.8 Å². The molecule has 1 N–H and O–H groups in total. The first-order valence-electron chi connectivity index (χ1n) is 3.57. The van der Waals surface area contributed by atoms with Crippen LogP contribution in [0.4, 0.5) is 0 Å². The summed E-state index contributed by atoms with van der Waals surface area (Å²) in [7, 11) is 0. The molecule has 1 atom stereocenters. The van der Waals surface area contributed by atoms with Crippen molar-refractivity contribution in [3.8, 4) is 0 Å². The zero-order chi connectivity index (χ0) is 7.98. The Morgan fingerprint density at radius 2 is 2.30 bits per heavy atom. The van der Waals surface area contributed by atoms with E-state index in [0.29, 0.717) is 0 Å². The summed E-state index contributed by atoms with van der Waals surface area (Å²) >= 11 is 1.77. The van der Waals surface area contributed by atoms with Gasteiger partial charge in [0.1, 0.15) is 0 Å². The van der Waals surface area contributed by atoms with E-state index in [9.17, 15) is 5.11 Å². The predicted octanol–water partition coefficient (Wildman–Crippen LogP) is 2.07. The maximum atomic E-state index is 9.27. The van der Waals surface area contributed by atoms with Crippen LogP contribution in [0.3, 0.4) is 0 Å².